The molecule has 1 aliphatic carbocycles. The Balaban J connectivity index is 2.21. The Morgan fingerprint density at radius 3 is 2.95 bits per heavy atom. The number of nitrogens with one attached hydrogen (secondary N) is 1. The number of nitro groups is 1. The zero-order valence-electron chi connectivity index (χ0n) is 11.0. The molecule has 0 heterocycles. The molecule has 0 aliphatic heterocycles. The van der Waals surface area contributed by atoms with Gasteiger partial charge in [0.2, 0.25) is 0 Å². The lowest BCUT2D eigenvalue weighted by atomic mass is 10.0. The highest BCUT2D eigenvalue weighted by molar-refractivity contribution is 5.64. The molecule has 1 fully saturated rings. The van der Waals surface area contributed by atoms with E-state index in [2.05, 4.69) is 5.32 Å². The topological polar surface area (TPSA) is 90.4 Å². The van der Waals surface area contributed by atoms with Crippen LogP contribution in [-0.2, 0) is 0 Å². The van der Waals surface area contributed by atoms with E-state index < -0.39 is 4.92 Å². The molecular formula is C13H19N3O3. The van der Waals surface area contributed by atoms with Crippen LogP contribution in [0.15, 0.2) is 18.2 Å². The predicted octanol–water partition coefficient (Wildman–Crippen LogP) is 2.14. The number of nitro benzene ring substituents is 1. The molecule has 0 amide bonds. The van der Waals surface area contributed by atoms with E-state index in [-0.39, 0.29) is 11.7 Å². The van der Waals surface area contributed by atoms with Crippen LogP contribution in [0.1, 0.15) is 19.3 Å². The second-order valence-corrected chi connectivity index (χ2v) is 4.82. The van der Waals surface area contributed by atoms with E-state index in [9.17, 15) is 10.1 Å². The molecule has 104 valence electrons. The van der Waals surface area contributed by atoms with Crippen LogP contribution in [0.5, 0.6) is 5.75 Å². The van der Waals surface area contributed by atoms with Gasteiger partial charge < -0.3 is 15.8 Å². The third-order valence-electron chi connectivity index (χ3n) is 3.70. The zero-order chi connectivity index (χ0) is 13.8. The van der Waals surface area contributed by atoms with E-state index in [1.165, 1.54) is 13.2 Å². The van der Waals surface area contributed by atoms with Gasteiger partial charge in [0.05, 0.1) is 18.1 Å². The van der Waals surface area contributed by atoms with Crippen molar-refractivity contribution in [2.75, 3.05) is 19.0 Å². The highest BCUT2D eigenvalue weighted by atomic mass is 16.6. The molecule has 19 heavy (non-hydrogen) atoms. The third-order valence-corrected chi connectivity index (χ3v) is 3.70. The summed E-state index contributed by atoms with van der Waals surface area (Å²) in [7, 11) is 1.49. The number of methoxy groups -OCH3 is 1. The van der Waals surface area contributed by atoms with Gasteiger partial charge in [0, 0.05) is 6.04 Å². The first kappa shape index (κ1) is 13.6. The summed E-state index contributed by atoms with van der Waals surface area (Å²) in [6, 6.07) is 5.08. The van der Waals surface area contributed by atoms with Gasteiger partial charge in [-0.05, 0) is 37.4 Å². The van der Waals surface area contributed by atoms with Crippen molar-refractivity contribution in [1.82, 2.24) is 0 Å². The summed E-state index contributed by atoms with van der Waals surface area (Å²) in [4.78, 5) is 10.7. The number of hydrogen-bond donors (Lipinski definition) is 2. The van der Waals surface area contributed by atoms with Gasteiger partial charge in [0.15, 0.2) is 0 Å². The Labute approximate surface area is 112 Å². The number of rotatable bonds is 5. The molecule has 0 aromatic heterocycles. The molecule has 2 unspecified atom stereocenters. The lowest BCUT2D eigenvalue weighted by Crippen LogP contribution is -2.29. The number of ether oxygens (including phenoxy) is 1. The van der Waals surface area contributed by atoms with Crippen LogP contribution in [0.2, 0.25) is 0 Å². The van der Waals surface area contributed by atoms with E-state index in [4.69, 9.17) is 10.5 Å². The van der Waals surface area contributed by atoms with Crippen molar-refractivity contribution in [3.8, 4) is 5.75 Å². The Bertz CT molecular complexity index is 464. The lowest BCUT2D eigenvalue weighted by molar-refractivity contribution is -0.384. The number of nitrogens with zero attached hydrogens (tertiary/aromatic N) is 1. The second kappa shape index (κ2) is 5.88. The molecule has 1 aromatic rings. The largest absolute Gasteiger partial charge is 0.496 e. The molecule has 0 radical (unpaired) electrons. The van der Waals surface area contributed by atoms with Gasteiger partial charge in [-0.1, -0.05) is 6.42 Å². The fraction of sp³-hybridized carbons (Fsp3) is 0.538. The van der Waals surface area contributed by atoms with Gasteiger partial charge in [-0.25, -0.2) is 0 Å². The number of nitrogens with two attached hydrogens (primary N) is 1. The molecule has 2 atom stereocenters. The minimum atomic E-state index is -0.392. The van der Waals surface area contributed by atoms with Gasteiger partial charge in [-0.15, -0.1) is 0 Å². The molecule has 1 saturated carbocycles. The first-order valence-electron chi connectivity index (χ1n) is 6.44. The highest BCUT2D eigenvalue weighted by Crippen LogP contribution is 2.33. The fourth-order valence-corrected chi connectivity index (χ4v) is 2.62. The third kappa shape index (κ3) is 2.96. The van der Waals surface area contributed by atoms with Gasteiger partial charge in [0.1, 0.15) is 11.4 Å². The number of benzene rings is 1. The van der Waals surface area contributed by atoms with Crippen molar-refractivity contribution in [1.29, 1.82) is 0 Å². The molecule has 6 nitrogen and oxygen atoms in total. The lowest BCUT2D eigenvalue weighted by Gasteiger charge is -2.20. The van der Waals surface area contributed by atoms with E-state index in [0.29, 0.717) is 23.9 Å². The van der Waals surface area contributed by atoms with Crippen LogP contribution < -0.4 is 15.8 Å². The standard InChI is InChI=1S/C13H19N3O3/c1-19-10-5-6-12(13(7-10)16(17)18)15-11-4-2-3-9(11)8-14/h5-7,9,11,15H,2-4,8,14H2,1H3. The van der Waals surface area contributed by atoms with Gasteiger partial charge in [0.25, 0.3) is 5.69 Å². The summed E-state index contributed by atoms with van der Waals surface area (Å²) >= 11 is 0. The molecule has 3 N–H and O–H groups in total. The maximum absolute atomic E-state index is 11.1. The normalized spacial score (nSPS) is 22.2. The first-order valence-corrected chi connectivity index (χ1v) is 6.44. The van der Waals surface area contributed by atoms with Crippen molar-refractivity contribution in [3.63, 3.8) is 0 Å². The average Bonchev–Trinajstić information content (AvgIpc) is 2.86. The molecular weight excluding hydrogens is 246 g/mol. The SMILES string of the molecule is COc1ccc(NC2CCCC2CN)c([N+](=O)[O-])c1. The van der Waals surface area contributed by atoms with Crippen molar-refractivity contribution in [2.24, 2.45) is 11.7 Å². The number of anilines is 1. The van der Waals surface area contributed by atoms with Crippen molar-refractivity contribution < 1.29 is 9.66 Å². The Kier molecular flexibility index (Phi) is 4.21. The summed E-state index contributed by atoms with van der Waals surface area (Å²) in [5.41, 5.74) is 6.31. The van der Waals surface area contributed by atoms with Crippen LogP contribution in [0.3, 0.4) is 0 Å². The van der Waals surface area contributed by atoms with E-state index >= 15 is 0 Å². The smallest absolute Gasteiger partial charge is 0.296 e. The Hall–Kier alpha value is -1.82. The molecule has 0 spiro atoms. The fourth-order valence-electron chi connectivity index (χ4n) is 2.62. The summed E-state index contributed by atoms with van der Waals surface area (Å²) in [6.07, 6.45) is 3.20. The highest BCUT2D eigenvalue weighted by Gasteiger charge is 2.28. The number of hydrogen-bond acceptors (Lipinski definition) is 5. The van der Waals surface area contributed by atoms with Crippen LogP contribution in [0.25, 0.3) is 0 Å². The molecule has 6 heteroatoms. The Morgan fingerprint density at radius 2 is 2.32 bits per heavy atom. The van der Waals surface area contributed by atoms with Crippen LogP contribution in [0.4, 0.5) is 11.4 Å². The summed E-state index contributed by atoms with van der Waals surface area (Å²) in [5.74, 6) is 0.876. The molecule has 0 bridgehead atoms. The van der Waals surface area contributed by atoms with E-state index in [1.807, 2.05) is 0 Å². The molecule has 1 aromatic carbocycles. The molecule has 0 saturated heterocycles. The van der Waals surface area contributed by atoms with Crippen LogP contribution in [-0.4, -0.2) is 24.6 Å². The molecule has 1 aliphatic rings. The van der Waals surface area contributed by atoms with Crippen LogP contribution in [0, 0.1) is 16.0 Å². The van der Waals surface area contributed by atoms with Gasteiger partial charge in [-0.3, -0.25) is 10.1 Å². The minimum Gasteiger partial charge on any atom is -0.496 e. The van der Waals surface area contributed by atoms with Gasteiger partial charge in [-0.2, -0.15) is 0 Å². The van der Waals surface area contributed by atoms with E-state index in [0.717, 1.165) is 19.3 Å². The van der Waals surface area contributed by atoms with E-state index in [1.54, 1.807) is 12.1 Å². The minimum absolute atomic E-state index is 0.0435. The monoisotopic (exact) mass is 265 g/mol. The van der Waals surface area contributed by atoms with Crippen molar-refractivity contribution in [2.45, 2.75) is 25.3 Å². The van der Waals surface area contributed by atoms with Crippen molar-refractivity contribution >= 4 is 11.4 Å². The van der Waals surface area contributed by atoms with Gasteiger partial charge >= 0.3 is 0 Å². The maximum Gasteiger partial charge on any atom is 0.296 e. The quantitative estimate of drug-likeness (QED) is 0.628. The molecule has 2 rings (SSSR count). The second-order valence-electron chi connectivity index (χ2n) is 4.82. The first-order chi connectivity index (χ1) is 9.15. The summed E-state index contributed by atoms with van der Waals surface area (Å²) in [5, 5.41) is 14.4. The Morgan fingerprint density at radius 1 is 1.53 bits per heavy atom. The zero-order valence-corrected chi connectivity index (χ0v) is 11.0. The summed E-state index contributed by atoms with van der Waals surface area (Å²) in [6.45, 7) is 0.613. The summed E-state index contributed by atoms with van der Waals surface area (Å²) < 4.78 is 5.02. The van der Waals surface area contributed by atoms with Crippen molar-refractivity contribution in [3.05, 3.63) is 28.3 Å². The average molecular weight is 265 g/mol. The predicted molar refractivity (Wildman–Crippen MR) is 73.5 cm³/mol. The van der Waals surface area contributed by atoms with Crippen LogP contribution >= 0.6 is 0 Å². The maximum atomic E-state index is 11.1.